The van der Waals surface area contributed by atoms with Crippen LogP contribution in [0.2, 0.25) is 0 Å². The number of nitrogens with one attached hydrogen (secondary N) is 1. The second kappa shape index (κ2) is 10.3. The van der Waals surface area contributed by atoms with E-state index in [0.717, 1.165) is 44.6 Å². The van der Waals surface area contributed by atoms with Crippen LogP contribution < -0.4 is 10.2 Å². The Labute approximate surface area is 213 Å². The summed E-state index contributed by atoms with van der Waals surface area (Å²) in [5.74, 6) is 0.0480. The van der Waals surface area contributed by atoms with Gasteiger partial charge in [-0.2, -0.15) is 17.9 Å². The van der Waals surface area contributed by atoms with Crippen LogP contribution in [0, 0.1) is 0 Å². The first-order valence-electron chi connectivity index (χ1n) is 12.7. The molecule has 3 aliphatic heterocycles. The average Bonchev–Trinajstić information content (AvgIpc) is 3.52. The molecule has 3 aliphatic rings. The second-order valence-electron chi connectivity index (χ2n) is 9.99. The molecule has 12 heteroatoms. The number of aromatic nitrogens is 2. The molecule has 0 radical (unpaired) electrons. The first-order chi connectivity index (χ1) is 17.7. The van der Waals surface area contributed by atoms with Crippen molar-refractivity contribution in [2.75, 3.05) is 62.6 Å². The highest BCUT2D eigenvalue weighted by Crippen LogP contribution is 2.35. The SMILES string of the molecule is CC(=O)Nc1ccn(C(=O)N2CCN(Cc3ccc(C(F)(F)F)cc3N3CCN4CCC[C@@H]4C3)CC2)n1. The Balaban J connectivity index is 1.25. The van der Waals surface area contributed by atoms with Gasteiger partial charge in [0.2, 0.25) is 5.91 Å². The van der Waals surface area contributed by atoms with Crippen LogP contribution in [0.1, 0.15) is 30.9 Å². The smallest absolute Gasteiger partial charge is 0.368 e. The van der Waals surface area contributed by atoms with Gasteiger partial charge in [-0.15, -0.1) is 5.10 Å². The van der Waals surface area contributed by atoms with Gasteiger partial charge in [-0.1, -0.05) is 6.07 Å². The summed E-state index contributed by atoms with van der Waals surface area (Å²) in [7, 11) is 0. The maximum absolute atomic E-state index is 13.6. The lowest BCUT2D eigenvalue weighted by atomic mass is 10.0. The fourth-order valence-corrected chi connectivity index (χ4v) is 5.54. The predicted molar refractivity (Wildman–Crippen MR) is 132 cm³/mol. The van der Waals surface area contributed by atoms with Crippen LogP contribution in [0.5, 0.6) is 0 Å². The Hall–Kier alpha value is -3.12. The van der Waals surface area contributed by atoms with Gasteiger partial charge in [-0.3, -0.25) is 14.6 Å². The second-order valence-corrected chi connectivity index (χ2v) is 9.99. The minimum Gasteiger partial charge on any atom is -0.368 e. The van der Waals surface area contributed by atoms with Crippen LogP contribution in [0.25, 0.3) is 0 Å². The lowest BCUT2D eigenvalue weighted by molar-refractivity contribution is -0.137. The number of amides is 2. The van der Waals surface area contributed by atoms with Crippen molar-refractivity contribution < 1.29 is 22.8 Å². The van der Waals surface area contributed by atoms with Gasteiger partial charge in [0.25, 0.3) is 0 Å². The van der Waals surface area contributed by atoms with Gasteiger partial charge in [0.1, 0.15) is 0 Å². The van der Waals surface area contributed by atoms with Crippen molar-refractivity contribution in [2.24, 2.45) is 0 Å². The third kappa shape index (κ3) is 5.74. The monoisotopic (exact) mass is 519 g/mol. The van der Waals surface area contributed by atoms with Crippen molar-refractivity contribution >= 4 is 23.4 Å². The van der Waals surface area contributed by atoms with E-state index in [0.29, 0.717) is 50.3 Å². The summed E-state index contributed by atoms with van der Waals surface area (Å²) < 4.78 is 41.9. The van der Waals surface area contributed by atoms with Crippen LogP contribution >= 0.6 is 0 Å². The third-order valence-corrected chi connectivity index (χ3v) is 7.47. The highest BCUT2D eigenvalue weighted by molar-refractivity contribution is 5.88. The molecule has 2 aromatic rings. The van der Waals surface area contributed by atoms with E-state index in [-0.39, 0.29) is 11.9 Å². The van der Waals surface area contributed by atoms with Gasteiger partial charge in [-0.25, -0.2) is 4.79 Å². The quantitative estimate of drug-likeness (QED) is 0.670. The Kier molecular flexibility index (Phi) is 7.13. The molecule has 0 saturated carbocycles. The van der Waals surface area contributed by atoms with Crippen molar-refractivity contribution in [1.82, 2.24) is 24.5 Å². The number of nitrogens with zero attached hydrogens (tertiary/aromatic N) is 6. The van der Waals surface area contributed by atoms with E-state index in [9.17, 15) is 22.8 Å². The van der Waals surface area contributed by atoms with Crippen LogP contribution in [0.3, 0.4) is 0 Å². The maximum atomic E-state index is 13.6. The summed E-state index contributed by atoms with van der Waals surface area (Å²) in [6.45, 7) is 7.47. The topological polar surface area (TPSA) is 77.0 Å². The number of rotatable bonds is 4. The summed E-state index contributed by atoms with van der Waals surface area (Å²) >= 11 is 0. The van der Waals surface area contributed by atoms with Gasteiger partial charge < -0.3 is 15.1 Å². The summed E-state index contributed by atoms with van der Waals surface area (Å²) in [6.07, 6.45) is -0.646. The van der Waals surface area contributed by atoms with E-state index in [1.54, 1.807) is 17.0 Å². The Morgan fingerprint density at radius 1 is 1.05 bits per heavy atom. The molecule has 1 N–H and O–H groups in total. The zero-order valence-electron chi connectivity index (χ0n) is 20.9. The van der Waals surface area contributed by atoms with Crippen molar-refractivity contribution in [1.29, 1.82) is 0 Å². The molecular weight excluding hydrogens is 487 g/mol. The standard InChI is InChI=1S/C25H32F3N7O2/c1-18(36)29-23-6-8-35(30-23)24(37)33-11-9-31(10-12-33)16-19-4-5-20(25(26,27)28)15-22(19)34-14-13-32-7-2-3-21(32)17-34/h4-6,8,15,21H,2-3,7,9-14,16-17H2,1H3,(H,29,30,36)/t21-/m1/s1. The summed E-state index contributed by atoms with van der Waals surface area (Å²) in [5.41, 5.74) is 0.932. The molecule has 0 aliphatic carbocycles. The molecule has 37 heavy (non-hydrogen) atoms. The van der Waals surface area contributed by atoms with E-state index in [1.165, 1.54) is 29.9 Å². The largest absolute Gasteiger partial charge is 0.416 e. The molecule has 1 aromatic carbocycles. The van der Waals surface area contributed by atoms with E-state index < -0.39 is 11.7 Å². The number of carbonyl (C=O) groups excluding carboxylic acids is 2. The minimum atomic E-state index is -4.39. The molecule has 0 bridgehead atoms. The molecular formula is C25H32F3N7O2. The molecule has 5 rings (SSSR count). The molecule has 3 fully saturated rings. The molecule has 200 valence electrons. The van der Waals surface area contributed by atoms with Gasteiger partial charge in [0.05, 0.1) is 5.56 Å². The van der Waals surface area contributed by atoms with Crippen molar-refractivity contribution in [3.63, 3.8) is 0 Å². The highest BCUT2D eigenvalue weighted by atomic mass is 19.4. The van der Waals surface area contributed by atoms with Crippen LogP contribution in [-0.4, -0.2) is 94.8 Å². The van der Waals surface area contributed by atoms with Gasteiger partial charge in [0, 0.05) is 83.3 Å². The third-order valence-electron chi connectivity index (χ3n) is 7.47. The van der Waals surface area contributed by atoms with Crippen LogP contribution in [0.15, 0.2) is 30.5 Å². The van der Waals surface area contributed by atoms with E-state index in [4.69, 9.17) is 0 Å². The number of carbonyl (C=O) groups is 2. The molecule has 0 spiro atoms. The molecule has 1 aromatic heterocycles. The summed E-state index contributed by atoms with van der Waals surface area (Å²) in [6, 6.07) is 5.79. The Bertz CT molecular complexity index is 1140. The number of halogens is 3. The molecule has 2 amide bonds. The first-order valence-corrected chi connectivity index (χ1v) is 12.7. The number of alkyl halides is 3. The minimum absolute atomic E-state index is 0.265. The molecule has 0 unspecified atom stereocenters. The Morgan fingerprint density at radius 3 is 2.57 bits per heavy atom. The fraction of sp³-hybridized carbons (Fsp3) is 0.560. The normalized spacial score (nSPS) is 21.2. The maximum Gasteiger partial charge on any atom is 0.416 e. The first kappa shape index (κ1) is 25.5. The number of anilines is 2. The van der Waals surface area contributed by atoms with Gasteiger partial charge in [0.15, 0.2) is 5.82 Å². The number of hydrogen-bond acceptors (Lipinski definition) is 6. The van der Waals surface area contributed by atoms with Crippen molar-refractivity contribution in [3.8, 4) is 0 Å². The average molecular weight is 520 g/mol. The molecule has 4 heterocycles. The van der Waals surface area contributed by atoms with Gasteiger partial charge in [-0.05, 0) is 37.1 Å². The predicted octanol–water partition coefficient (Wildman–Crippen LogP) is 2.93. The lowest BCUT2D eigenvalue weighted by Gasteiger charge is -2.40. The van der Waals surface area contributed by atoms with E-state index in [1.807, 2.05) is 0 Å². The van der Waals surface area contributed by atoms with Crippen LogP contribution in [0.4, 0.5) is 29.5 Å². The van der Waals surface area contributed by atoms with Crippen molar-refractivity contribution in [3.05, 3.63) is 41.6 Å². The zero-order valence-corrected chi connectivity index (χ0v) is 20.9. The Morgan fingerprint density at radius 2 is 1.84 bits per heavy atom. The zero-order chi connectivity index (χ0) is 26.2. The van der Waals surface area contributed by atoms with E-state index in [2.05, 4.69) is 25.1 Å². The van der Waals surface area contributed by atoms with Crippen molar-refractivity contribution in [2.45, 2.75) is 38.5 Å². The van der Waals surface area contributed by atoms with Gasteiger partial charge >= 0.3 is 12.2 Å². The van der Waals surface area contributed by atoms with Crippen LogP contribution in [-0.2, 0) is 17.5 Å². The summed E-state index contributed by atoms with van der Waals surface area (Å²) in [5, 5.41) is 6.65. The highest BCUT2D eigenvalue weighted by Gasteiger charge is 2.35. The number of fused-ring (bicyclic) bond motifs is 1. The lowest BCUT2D eigenvalue weighted by Crippen LogP contribution is -2.51. The summed E-state index contributed by atoms with van der Waals surface area (Å²) in [4.78, 5) is 32.5. The number of hydrogen-bond donors (Lipinski definition) is 1. The van der Waals surface area contributed by atoms with E-state index >= 15 is 0 Å². The molecule has 9 nitrogen and oxygen atoms in total. The number of piperazine rings is 2. The number of benzene rings is 1. The molecule has 1 atom stereocenters. The fourth-order valence-electron chi connectivity index (χ4n) is 5.54. The molecule has 3 saturated heterocycles.